The summed E-state index contributed by atoms with van der Waals surface area (Å²) in [7, 11) is 1.95. The zero-order chi connectivity index (χ0) is 17.1. The van der Waals surface area contributed by atoms with E-state index in [1.54, 1.807) is 11.1 Å². The summed E-state index contributed by atoms with van der Waals surface area (Å²) in [6.45, 7) is 4.83. The van der Waals surface area contributed by atoms with E-state index in [4.69, 9.17) is 0 Å². The first-order valence-electron chi connectivity index (χ1n) is 7.97. The number of aromatic nitrogens is 3. The number of urea groups is 1. The van der Waals surface area contributed by atoms with Gasteiger partial charge in [-0.3, -0.25) is 9.88 Å². The van der Waals surface area contributed by atoms with Crippen LogP contribution in [0.5, 0.6) is 0 Å². The van der Waals surface area contributed by atoms with Crippen LogP contribution in [0.3, 0.4) is 0 Å². The molecule has 1 aliphatic rings. The van der Waals surface area contributed by atoms with Gasteiger partial charge >= 0.3 is 6.03 Å². The average Bonchev–Trinajstić information content (AvgIpc) is 3.02. The molecule has 1 saturated heterocycles. The van der Waals surface area contributed by atoms with Gasteiger partial charge in [-0.15, -0.1) is 0 Å². The number of anilines is 1. The van der Waals surface area contributed by atoms with Gasteiger partial charge in [-0.1, -0.05) is 6.92 Å². The summed E-state index contributed by atoms with van der Waals surface area (Å²) in [5.74, 6) is 0.378. The second kappa shape index (κ2) is 6.96. The van der Waals surface area contributed by atoms with Crippen LogP contribution in [0.2, 0.25) is 0 Å². The van der Waals surface area contributed by atoms with E-state index >= 15 is 0 Å². The molecule has 0 bridgehead atoms. The lowest BCUT2D eigenvalue weighted by Crippen LogP contribution is -2.52. The zero-order valence-electron chi connectivity index (χ0n) is 13.8. The molecule has 0 aliphatic carbocycles. The van der Waals surface area contributed by atoms with Crippen molar-refractivity contribution in [1.29, 1.82) is 0 Å². The summed E-state index contributed by atoms with van der Waals surface area (Å²) in [5, 5.41) is 2.62. The normalized spacial score (nSPS) is 18.6. The first-order chi connectivity index (χ1) is 11.6. The molecule has 1 atom stereocenters. The van der Waals surface area contributed by atoms with Gasteiger partial charge in [0.05, 0.1) is 17.9 Å². The van der Waals surface area contributed by atoms with Gasteiger partial charge in [-0.2, -0.15) is 0 Å². The molecule has 2 amide bonds. The summed E-state index contributed by atoms with van der Waals surface area (Å²) >= 11 is 0. The molecule has 2 aromatic rings. The number of likely N-dealkylation sites (N-methyl/N-ethyl adjacent to an activating group) is 1. The van der Waals surface area contributed by atoms with Gasteiger partial charge in [0.2, 0.25) is 0 Å². The van der Waals surface area contributed by atoms with E-state index in [1.807, 2.05) is 17.8 Å². The molecule has 8 heteroatoms. The molecule has 1 N–H and O–H groups in total. The largest absolute Gasteiger partial charge is 0.337 e. The lowest BCUT2D eigenvalue weighted by Gasteiger charge is -2.40. The first kappa shape index (κ1) is 16.4. The second-order valence-electron chi connectivity index (χ2n) is 5.77. The van der Waals surface area contributed by atoms with Crippen molar-refractivity contribution in [3.8, 4) is 0 Å². The molecule has 2 aromatic heterocycles. The molecule has 24 heavy (non-hydrogen) atoms. The van der Waals surface area contributed by atoms with Crippen LogP contribution in [0.25, 0.3) is 0 Å². The number of nitrogens with zero attached hydrogens (tertiary/aromatic N) is 5. The first-order valence-corrected chi connectivity index (χ1v) is 7.97. The number of aryl methyl sites for hydroxylation is 1. The maximum atomic E-state index is 13.7. The molecule has 0 saturated carbocycles. The highest BCUT2D eigenvalue weighted by Gasteiger charge is 2.32. The Labute approximate surface area is 140 Å². The number of amides is 2. The van der Waals surface area contributed by atoms with Gasteiger partial charge in [-0.25, -0.2) is 14.2 Å². The van der Waals surface area contributed by atoms with Crippen LogP contribution < -0.4 is 5.32 Å². The van der Waals surface area contributed by atoms with Crippen LogP contribution in [0.15, 0.2) is 30.9 Å². The molecule has 128 valence electrons. The SMILES string of the molecule is CCN1CCN(C(=O)Nc2ccncc2F)CC1c1nccn1C. The minimum Gasteiger partial charge on any atom is -0.337 e. The topological polar surface area (TPSA) is 66.3 Å². The van der Waals surface area contributed by atoms with E-state index in [0.29, 0.717) is 13.1 Å². The standard InChI is InChI=1S/C16H21FN6O/c1-3-22-8-9-23(11-14(22)15-19-6-7-21(15)2)16(24)20-13-4-5-18-10-12(13)17/h4-7,10,14H,3,8-9,11H2,1-2H3,(H,18,20,24). The number of hydrogen-bond acceptors (Lipinski definition) is 4. The highest BCUT2D eigenvalue weighted by molar-refractivity contribution is 5.89. The van der Waals surface area contributed by atoms with Crippen molar-refractivity contribution in [2.75, 3.05) is 31.5 Å². The number of halogens is 1. The zero-order valence-corrected chi connectivity index (χ0v) is 13.8. The highest BCUT2D eigenvalue weighted by Crippen LogP contribution is 2.24. The predicted molar refractivity (Wildman–Crippen MR) is 88.0 cm³/mol. The molecule has 0 radical (unpaired) electrons. The Morgan fingerprint density at radius 3 is 2.92 bits per heavy atom. The van der Waals surface area contributed by atoms with Crippen molar-refractivity contribution >= 4 is 11.7 Å². The molecule has 1 aliphatic heterocycles. The third-order valence-corrected chi connectivity index (χ3v) is 4.36. The molecule has 3 rings (SSSR count). The van der Waals surface area contributed by atoms with Gasteiger partial charge in [0.1, 0.15) is 5.82 Å². The van der Waals surface area contributed by atoms with E-state index in [1.165, 1.54) is 12.3 Å². The molecule has 7 nitrogen and oxygen atoms in total. The van der Waals surface area contributed by atoms with E-state index in [-0.39, 0.29) is 17.8 Å². The summed E-state index contributed by atoms with van der Waals surface area (Å²) in [4.78, 5) is 24.6. The van der Waals surface area contributed by atoms with Crippen LogP contribution in [0, 0.1) is 5.82 Å². The van der Waals surface area contributed by atoms with Crippen LogP contribution in [-0.2, 0) is 7.05 Å². The van der Waals surface area contributed by atoms with Crippen LogP contribution in [0.1, 0.15) is 18.8 Å². The van der Waals surface area contributed by atoms with E-state index < -0.39 is 5.82 Å². The fourth-order valence-corrected chi connectivity index (χ4v) is 3.00. The third kappa shape index (κ3) is 3.23. The van der Waals surface area contributed by atoms with Crippen molar-refractivity contribution in [2.45, 2.75) is 13.0 Å². The molecule has 0 aromatic carbocycles. The fourth-order valence-electron chi connectivity index (χ4n) is 3.00. The molecular formula is C16H21FN6O. The van der Waals surface area contributed by atoms with Crippen molar-refractivity contribution in [3.05, 3.63) is 42.5 Å². The van der Waals surface area contributed by atoms with Gasteiger partial charge in [-0.05, 0) is 12.6 Å². The molecule has 1 unspecified atom stereocenters. The Balaban J connectivity index is 1.74. The summed E-state index contributed by atoms with van der Waals surface area (Å²) in [6.07, 6.45) is 6.19. The van der Waals surface area contributed by atoms with E-state index in [9.17, 15) is 9.18 Å². The van der Waals surface area contributed by atoms with Crippen molar-refractivity contribution in [2.24, 2.45) is 7.05 Å². The number of piperazine rings is 1. The minimum atomic E-state index is -0.543. The molecule has 3 heterocycles. The van der Waals surface area contributed by atoms with E-state index in [2.05, 4.69) is 27.1 Å². The minimum absolute atomic E-state index is 0.0248. The maximum Gasteiger partial charge on any atom is 0.322 e. The number of hydrogen-bond donors (Lipinski definition) is 1. The quantitative estimate of drug-likeness (QED) is 0.932. The number of nitrogens with one attached hydrogen (secondary N) is 1. The van der Waals surface area contributed by atoms with Crippen LogP contribution in [0.4, 0.5) is 14.9 Å². The summed E-state index contributed by atoms with van der Waals surface area (Å²) in [6, 6.07) is 1.16. The third-order valence-electron chi connectivity index (χ3n) is 4.36. The molecular weight excluding hydrogens is 311 g/mol. The number of imidazole rings is 1. The Hall–Kier alpha value is -2.48. The summed E-state index contributed by atoms with van der Waals surface area (Å²) < 4.78 is 15.6. The Morgan fingerprint density at radius 2 is 2.25 bits per heavy atom. The number of rotatable bonds is 3. The Bertz CT molecular complexity index is 718. The lowest BCUT2D eigenvalue weighted by atomic mass is 10.1. The Kier molecular flexibility index (Phi) is 4.75. The van der Waals surface area contributed by atoms with Gasteiger partial charge < -0.3 is 14.8 Å². The monoisotopic (exact) mass is 332 g/mol. The van der Waals surface area contributed by atoms with Crippen LogP contribution in [-0.4, -0.2) is 56.5 Å². The average molecular weight is 332 g/mol. The molecule has 1 fully saturated rings. The predicted octanol–water partition coefficient (Wildman–Crippen LogP) is 1.86. The second-order valence-corrected chi connectivity index (χ2v) is 5.77. The van der Waals surface area contributed by atoms with Crippen molar-refractivity contribution in [1.82, 2.24) is 24.3 Å². The van der Waals surface area contributed by atoms with Gasteiger partial charge in [0.25, 0.3) is 0 Å². The van der Waals surface area contributed by atoms with Crippen LogP contribution >= 0.6 is 0 Å². The number of pyridine rings is 1. The molecule has 0 spiro atoms. The summed E-state index contributed by atoms with van der Waals surface area (Å²) in [5.41, 5.74) is 0.140. The maximum absolute atomic E-state index is 13.7. The number of carbonyl (C=O) groups is 1. The van der Waals surface area contributed by atoms with Crippen molar-refractivity contribution < 1.29 is 9.18 Å². The Morgan fingerprint density at radius 1 is 1.42 bits per heavy atom. The van der Waals surface area contributed by atoms with Gasteiger partial charge in [0.15, 0.2) is 5.82 Å². The lowest BCUT2D eigenvalue weighted by molar-refractivity contribution is 0.0926. The fraction of sp³-hybridized carbons (Fsp3) is 0.438. The highest BCUT2D eigenvalue weighted by atomic mass is 19.1. The number of carbonyl (C=O) groups excluding carboxylic acids is 1. The van der Waals surface area contributed by atoms with Crippen molar-refractivity contribution in [3.63, 3.8) is 0 Å². The smallest absolute Gasteiger partial charge is 0.322 e. The van der Waals surface area contributed by atoms with Gasteiger partial charge in [0, 0.05) is 45.3 Å². The van der Waals surface area contributed by atoms with E-state index in [0.717, 1.165) is 25.1 Å².